The van der Waals surface area contributed by atoms with E-state index in [2.05, 4.69) is 29.6 Å². The van der Waals surface area contributed by atoms with E-state index in [-0.39, 0.29) is 0 Å². The van der Waals surface area contributed by atoms with E-state index in [1.807, 2.05) is 0 Å². The average Bonchev–Trinajstić information content (AvgIpc) is 3.28. The minimum absolute atomic E-state index is 0.453. The fraction of sp³-hybridized carbons (Fsp3) is 0.800. The summed E-state index contributed by atoms with van der Waals surface area (Å²) in [6.07, 6.45) is 13.5. The molecule has 0 unspecified atom stereocenters. The van der Waals surface area contributed by atoms with E-state index in [9.17, 15) is 5.21 Å². The molecule has 2 heterocycles. The van der Waals surface area contributed by atoms with Gasteiger partial charge in [-0.2, -0.15) is 14.8 Å². The molecule has 1 aromatic carbocycles. The molecule has 7 fully saturated rings. The van der Waals surface area contributed by atoms with Crippen LogP contribution in [0.1, 0.15) is 88.5 Å². The Hall–Kier alpha value is -1.22. The maximum atomic E-state index is 9.47. The van der Waals surface area contributed by atoms with E-state index in [4.69, 9.17) is 19.2 Å². The Bertz CT molecular complexity index is 894. The maximum Gasteiger partial charge on any atom is 0.210 e. The van der Waals surface area contributed by atoms with Crippen LogP contribution in [0.5, 0.6) is 5.75 Å². The van der Waals surface area contributed by atoms with Crippen LogP contribution in [0.25, 0.3) is 0 Å². The first-order valence-corrected chi connectivity index (χ1v) is 15.1. The predicted octanol–water partition coefficient (Wildman–Crippen LogP) is 5.38. The quantitative estimate of drug-likeness (QED) is 0.375. The molecule has 4 bridgehead atoms. The van der Waals surface area contributed by atoms with Gasteiger partial charge in [0.05, 0.1) is 6.61 Å². The van der Waals surface area contributed by atoms with Gasteiger partial charge in [-0.05, 0) is 106 Å². The van der Waals surface area contributed by atoms with Crippen LogP contribution in [-0.2, 0) is 14.5 Å². The summed E-state index contributed by atoms with van der Waals surface area (Å²) in [7, 11) is 0. The number of piperidine rings is 1. The molecule has 5 saturated carbocycles. The van der Waals surface area contributed by atoms with Crippen molar-refractivity contribution in [2.45, 2.75) is 101 Å². The first kappa shape index (κ1) is 24.8. The van der Waals surface area contributed by atoms with E-state index in [0.29, 0.717) is 23.8 Å². The number of hydrogen-bond donors (Lipinski definition) is 2. The number of hydrogen-bond acceptors (Lipinski definition) is 7. The van der Waals surface area contributed by atoms with Gasteiger partial charge in [-0.15, -0.1) is 0 Å². The van der Waals surface area contributed by atoms with E-state index >= 15 is 0 Å². The Morgan fingerprint density at radius 2 is 1.57 bits per heavy atom. The summed E-state index contributed by atoms with van der Waals surface area (Å²) in [6.45, 7) is 3.20. The van der Waals surface area contributed by atoms with Gasteiger partial charge < -0.3 is 20.0 Å². The normalized spacial score (nSPS) is 41.7. The Morgan fingerprint density at radius 3 is 2.24 bits per heavy atom. The third-order valence-electron chi connectivity index (χ3n) is 10.5. The number of rotatable bonds is 7. The molecule has 2 N–H and O–H groups in total. The molecule has 2 aliphatic heterocycles. The second-order valence-electron chi connectivity index (χ2n) is 12.9. The van der Waals surface area contributed by atoms with Gasteiger partial charge in [0.25, 0.3) is 0 Å². The Kier molecular flexibility index (Phi) is 6.75. The Balaban J connectivity index is 0.862. The first-order chi connectivity index (χ1) is 18.1. The molecule has 7 heteroatoms. The average molecular weight is 513 g/mol. The van der Waals surface area contributed by atoms with Crippen LogP contribution in [0.4, 0.5) is 0 Å². The summed E-state index contributed by atoms with van der Waals surface area (Å²) < 4.78 is 12.9. The first-order valence-electron chi connectivity index (χ1n) is 15.1. The van der Waals surface area contributed by atoms with Gasteiger partial charge in [-0.1, -0.05) is 12.1 Å². The fourth-order valence-corrected chi connectivity index (χ4v) is 8.66. The van der Waals surface area contributed by atoms with Crippen LogP contribution >= 0.6 is 0 Å². The van der Waals surface area contributed by atoms with Gasteiger partial charge >= 0.3 is 0 Å². The van der Waals surface area contributed by atoms with Crippen molar-refractivity contribution >= 4 is 0 Å². The summed E-state index contributed by atoms with van der Waals surface area (Å²) >= 11 is 0. The summed E-state index contributed by atoms with van der Waals surface area (Å²) in [5, 5.41) is 14.5. The van der Waals surface area contributed by atoms with E-state index in [0.717, 1.165) is 88.8 Å². The van der Waals surface area contributed by atoms with Gasteiger partial charge in [0.15, 0.2) is 0 Å². The second kappa shape index (κ2) is 10.1. The summed E-state index contributed by atoms with van der Waals surface area (Å²) in [4.78, 5) is 12.3. The molecular formula is C30H44N2O5. The largest absolute Gasteiger partial charge is 0.494 e. The molecule has 37 heavy (non-hydrogen) atoms. The van der Waals surface area contributed by atoms with E-state index in [1.165, 1.54) is 42.7 Å². The highest BCUT2D eigenvalue weighted by Gasteiger charge is 2.66. The van der Waals surface area contributed by atoms with Gasteiger partial charge in [0, 0.05) is 43.8 Å². The van der Waals surface area contributed by atoms with Crippen LogP contribution < -0.4 is 10.1 Å². The summed E-state index contributed by atoms with van der Waals surface area (Å²) in [6, 6.07) is 9.25. The van der Waals surface area contributed by atoms with Gasteiger partial charge in [0.2, 0.25) is 11.6 Å². The topological polar surface area (TPSA) is 72.4 Å². The summed E-state index contributed by atoms with van der Waals surface area (Å²) in [5.41, 5.74) is 1.39. The van der Waals surface area contributed by atoms with Crippen molar-refractivity contribution in [1.29, 1.82) is 0 Å². The predicted molar refractivity (Wildman–Crippen MR) is 138 cm³/mol. The SMILES string of the molecule is ON1CCC(NCCCOc2ccc(C3CCC4(CC3)OOC3(O4)C4CC5CC(C4)CC3C5)cc2)CC1. The lowest BCUT2D eigenvalue weighted by Crippen LogP contribution is -2.59. The molecule has 7 aliphatic rings. The number of nitrogens with one attached hydrogen (secondary N) is 1. The minimum atomic E-state index is -0.530. The smallest absolute Gasteiger partial charge is 0.210 e. The minimum Gasteiger partial charge on any atom is -0.494 e. The lowest BCUT2D eigenvalue weighted by molar-refractivity contribution is -0.390. The van der Waals surface area contributed by atoms with Crippen LogP contribution in [0.3, 0.4) is 0 Å². The van der Waals surface area contributed by atoms with Crippen LogP contribution in [0.15, 0.2) is 24.3 Å². The van der Waals surface area contributed by atoms with Crippen molar-refractivity contribution in [1.82, 2.24) is 10.4 Å². The Labute approximate surface area is 221 Å². The molecule has 0 radical (unpaired) electrons. The maximum absolute atomic E-state index is 9.47. The van der Waals surface area contributed by atoms with E-state index < -0.39 is 11.6 Å². The molecule has 8 rings (SSSR count). The molecule has 5 aliphatic carbocycles. The standard InChI is InChI=1S/C30H44N2O5/c33-32-13-8-27(9-14-32)31-12-1-15-34-28-4-2-23(3-5-28)24-6-10-29(11-7-24)35-30(37-36-29)25-17-21-16-22(19-25)20-26(30)18-21/h2-5,21-22,24-27,31,33H,1,6-20H2. The van der Waals surface area contributed by atoms with Crippen molar-refractivity contribution in [3.8, 4) is 5.75 Å². The summed E-state index contributed by atoms with van der Waals surface area (Å²) in [5.74, 6) is 3.36. The lowest BCUT2D eigenvalue weighted by atomic mass is 9.53. The van der Waals surface area contributed by atoms with Crippen LogP contribution in [0.2, 0.25) is 0 Å². The highest BCUT2D eigenvalue weighted by molar-refractivity contribution is 5.30. The third kappa shape index (κ3) is 4.85. The van der Waals surface area contributed by atoms with Crippen LogP contribution in [0, 0.1) is 23.7 Å². The number of nitrogens with zero attached hydrogens (tertiary/aromatic N) is 1. The molecule has 2 spiro atoms. The molecule has 0 amide bonds. The van der Waals surface area contributed by atoms with E-state index in [1.54, 1.807) is 0 Å². The highest BCUT2D eigenvalue weighted by Crippen LogP contribution is 2.64. The van der Waals surface area contributed by atoms with Gasteiger partial charge in [-0.3, -0.25) is 0 Å². The molecule has 0 atom stereocenters. The zero-order valence-corrected chi connectivity index (χ0v) is 22.1. The monoisotopic (exact) mass is 512 g/mol. The Morgan fingerprint density at radius 1 is 0.892 bits per heavy atom. The molecule has 0 aromatic heterocycles. The number of benzene rings is 1. The molecule has 7 nitrogen and oxygen atoms in total. The number of ether oxygens (including phenoxy) is 2. The third-order valence-corrected chi connectivity index (χ3v) is 10.5. The zero-order chi connectivity index (χ0) is 24.9. The second-order valence-corrected chi connectivity index (χ2v) is 12.9. The molecule has 204 valence electrons. The van der Waals surface area contributed by atoms with Crippen LogP contribution in [-0.4, -0.2) is 54.1 Å². The highest BCUT2D eigenvalue weighted by atomic mass is 17.3. The molecule has 1 aromatic rings. The van der Waals surface area contributed by atoms with Gasteiger partial charge in [-0.25, -0.2) is 0 Å². The molecular weight excluding hydrogens is 468 g/mol. The van der Waals surface area contributed by atoms with Gasteiger partial charge in [0.1, 0.15) is 5.75 Å². The van der Waals surface area contributed by atoms with Crippen molar-refractivity contribution in [2.24, 2.45) is 23.7 Å². The molecule has 2 saturated heterocycles. The van der Waals surface area contributed by atoms with Crippen molar-refractivity contribution in [2.75, 3.05) is 26.2 Å². The lowest BCUT2D eigenvalue weighted by Gasteiger charge is -2.57. The van der Waals surface area contributed by atoms with Crippen molar-refractivity contribution in [3.63, 3.8) is 0 Å². The number of hydroxylamine groups is 2. The zero-order valence-electron chi connectivity index (χ0n) is 22.1. The van der Waals surface area contributed by atoms with Crippen molar-refractivity contribution in [3.05, 3.63) is 29.8 Å². The van der Waals surface area contributed by atoms with Crippen molar-refractivity contribution < 1.29 is 24.5 Å². The fourth-order valence-electron chi connectivity index (χ4n) is 8.66.